The second-order valence-electron chi connectivity index (χ2n) is 4.46. The molecule has 1 heterocycles. The van der Waals surface area contributed by atoms with Crippen LogP contribution in [0.1, 0.15) is 34.1 Å². The lowest BCUT2D eigenvalue weighted by molar-refractivity contribution is -0.151. The molecular weight excluding hydrogens is 180 g/mol. The summed E-state index contributed by atoms with van der Waals surface area (Å²) in [5, 5.41) is 0. The first-order valence-corrected chi connectivity index (χ1v) is 5.32. The van der Waals surface area contributed by atoms with Crippen LogP contribution in [0.25, 0.3) is 0 Å². The maximum Gasteiger partial charge on any atom is 0.308 e. The minimum Gasteiger partial charge on any atom is -0.463 e. The zero-order valence-electron chi connectivity index (χ0n) is 9.45. The minimum atomic E-state index is -0.138. The van der Waals surface area contributed by atoms with E-state index >= 15 is 0 Å². The van der Waals surface area contributed by atoms with E-state index in [-0.39, 0.29) is 24.1 Å². The standard InChI is InChI=1S/C11H20O3/c1-7(2)11(12)13-6-10-5-8(3)9(4)14-10/h7-10H,5-6H2,1-4H3/t8-,9-,10-/m0/s1. The van der Waals surface area contributed by atoms with Gasteiger partial charge in [0.1, 0.15) is 6.61 Å². The van der Waals surface area contributed by atoms with E-state index in [9.17, 15) is 4.79 Å². The molecule has 3 nitrogen and oxygen atoms in total. The predicted molar refractivity (Wildman–Crippen MR) is 53.9 cm³/mol. The molecule has 14 heavy (non-hydrogen) atoms. The summed E-state index contributed by atoms with van der Waals surface area (Å²) in [5.74, 6) is 0.379. The van der Waals surface area contributed by atoms with Gasteiger partial charge in [-0.05, 0) is 19.3 Å². The zero-order valence-corrected chi connectivity index (χ0v) is 9.45. The van der Waals surface area contributed by atoms with E-state index in [1.54, 1.807) is 0 Å². The number of ether oxygens (including phenoxy) is 2. The van der Waals surface area contributed by atoms with Crippen molar-refractivity contribution in [2.45, 2.75) is 46.3 Å². The van der Waals surface area contributed by atoms with Crippen LogP contribution in [0.15, 0.2) is 0 Å². The van der Waals surface area contributed by atoms with Crippen LogP contribution in [0.3, 0.4) is 0 Å². The SMILES string of the molecule is CC(C)C(=O)OC[C@@H]1C[C@H](C)[C@H](C)O1. The van der Waals surface area contributed by atoms with Crippen molar-refractivity contribution in [3.8, 4) is 0 Å². The molecule has 0 radical (unpaired) electrons. The van der Waals surface area contributed by atoms with Gasteiger partial charge in [-0.3, -0.25) is 4.79 Å². The van der Waals surface area contributed by atoms with Crippen LogP contribution in [0.2, 0.25) is 0 Å². The van der Waals surface area contributed by atoms with Crippen LogP contribution in [0.5, 0.6) is 0 Å². The Balaban J connectivity index is 2.23. The Bertz CT molecular complexity index is 191. The third-order valence-corrected chi connectivity index (χ3v) is 2.73. The topological polar surface area (TPSA) is 35.5 Å². The minimum absolute atomic E-state index is 0.0498. The number of esters is 1. The fraction of sp³-hybridized carbons (Fsp3) is 0.909. The third kappa shape index (κ3) is 2.98. The molecule has 82 valence electrons. The molecule has 0 aromatic carbocycles. The summed E-state index contributed by atoms with van der Waals surface area (Å²) in [6.45, 7) is 8.31. The van der Waals surface area contributed by atoms with Gasteiger partial charge in [0, 0.05) is 0 Å². The van der Waals surface area contributed by atoms with Crippen LogP contribution in [-0.2, 0) is 14.3 Å². The smallest absolute Gasteiger partial charge is 0.308 e. The molecular formula is C11H20O3. The summed E-state index contributed by atoms with van der Waals surface area (Å²) in [5.41, 5.74) is 0. The van der Waals surface area contributed by atoms with Gasteiger partial charge in [-0.1, -0.05) is 20.8 Å². The van der Waals surface area contributed by atoms with Gasteiger partial charge in [-0.25, -0.2) is 0 Å². The van der Waals surface area contributed by atoms with Gasteiger partial charge in [0.15, 0.2) is 0 Å². The predicted octanol–water partition coefficient (Wildman–Crippen LogP) is 2.00. The lowest BCUT2D eigenvalue weighted by Crippen LogP contribution is -2.21. The van der Waals surface area contributed by atoms with Crippen LogP contribution >= 0.6 is 0 Å². The first-order valence-electron chi connectivity index (χ1n) is 5.32. The average Bonchev–Trinajstić information content (AvgIpc) is 2.42. The Kier molecular flexibility index (Phi) is 3.93. The van der Waals surface area contributed by atoms with Crippen molar-refractivity contribution >= 4 is 5.97 Å². The monoisotopic (exact) mass is 200 g/mol. The van der Waals surface area contributed by atoms with E-state index < -0.39 is 0 Å². The van der Waals surface area contributed by atoms with Gasteiger partial charge in [-0.2, -0.15) is 0 Å². The molecule has 1 aliphatic heterocycles. The van der Waals surface area contributed by atoms with Crippen molar-refractivity contribution in [3.63, 3.8) is 0 Å². The highest BCUT2D eigenvalue weighted by molar-refractivity contribution is 5.71. The molecule has 0 aliphatic carbocycles. The second kappa shape index (κ2) is 4.78. The molecule has 1 rings (SSSR count). The van der Waals surface area contributed by atoms with Crippen molar-refractivity contribution in [2.24, 2.45) is 11.8 Å². The van der Waals surface area contributed by atoms with Crippen molar-refractivity contribution in [2.75, 3.05) is 6.61 Å². The van der Waals surface area contributed by atoms with Gasteiger partial charge in [0.05, 0.1) is 18.1 Å². The van der Waals surface area contributed by atoms with E-state index in [4.69, 9.17) is 9.47 Å². The summed E-state index contributed by atoms with van der Waals surface area (Å²) in [6.07, 6.45) is 1.38. The Hall–Kier alpha value is -0.570. The Labute approximate surface area is 85.8 Å². The second-order valence-corrected chi connectivity index (χ2v) is 4.46. The summed E-state index contributed by atoms with van der Waals surface area (Å²) in [6, 6.07) is 0. The zero-order chi connectivity index (χ0) is 10.7. The molecule has 1 saturated heterocycles. The quantitative estimate of drug-likeness (QED) is 0.654. The molecule has 1 fully saturated rings. The van der Waals surface area contributed by atoms with E-state index in [0.29, 0.717) is 12.5 Å². The van der Waals surface area contributed by atoms with Crippen LogP contribution in [0.4, 0.5) is 0 Å². The highest BCUT2D eigenvalue weighted by Crippen LogP contribution is 2.25. The highest BCUT2D eigenvalue weighted by Gasteiger charge is 2.29. The van der Waals surface area contributed by atoms with E-state index in [1.807, 2.05) is 13.8 Å². The molecule has 0 saturated carbocycles. The molecule has 0 N–H and O–H groups in total. The fourth-order valence-corrected chi connectivity index (χ4v) is 1.55. The first kappa shape index (κ1) is 11.5. The summed E-state index contributed by atoms with van der Waals surface area (Å²) in [4.78, 5) is 11.2. The van der Waals surface area contributed by atoms with E-state index in [2.05, 4.69) is 13.8 Å². The number of carbonyl (C=O) groups is 1. The molecule has 3 heteroatoms. The molecule has 0 aromatic rings. The largest absolute Gasteiger partial charge is 0.463 e. The summed E-state index contributed by atoms with van der Waals surface area (Å²) < 4.78 is 10.7. The Morgan fingerprint density at radius 1 is 1.50 bits per heavy atom. The first-order chi connectivity index (χ1) is 6.50. The average molecular weight is 200 g/mol. The van der Waals surface area contributed by atoms with Gasteiger partial charge < -0.3 is 9.47 Å². The molecule has 0 unspecified atom stereocenters. The normalized spacial score (nSPS) is 32.2. The number of rotatable bonds is 3. The lowest BCUT2D eigenvalue weighted by atomic mass is 10.0. The number of hydrogen-bond acceptors (Lipinski definition) is 3. The molecule has 1 aliphatic rings. The Morgan fingerprint density at radius 3 is 2.57 bits per heavy atom. The van der Waals surface area contributed by atoms with Gasteiger partial charge in [0.2, 0.25) is 0 Å². The van der Waals surface area contributed by atoms with Gasteiger partial charge in [-0.15, -0.1) is 0 Å². The van der Waals surface area contributed by atoms with E-state index in [0.717, 1.165) is 6.42 Å². The maximum absolute atomic E-state index is 11.2. The van der Waals surface area contributed by atoms with Crippen LogP contribution in [-0.4, -0.2) is 24.8 Å². The van der Waals surface area contributed by atoms with E-state index in [1.165, 1.54) is 0 Å². The maximum atomic E-state index is 11.2. The van der Waals surface area contributed by atoms with Crippen molar-refractivity contribution in [1.29, 1.82) is 0 Å². The third-order valence-electron chi connectivity index (χ3n) is 2.73. The van der Waals surface area contributed by atoms with Crippen molar-refractivity contribution in [1.82, 2.24) is 0 Å². The summed E-state index contributed by atoms with van der Waals surface area (Å²) >= 11 is 0. The van der Waals surface area contributed by atoms with Crippen molar-refractivity contribution < 1.29 is 14.3 Å². The molecule has 3 atom stereocenters. The van der Waals surface area contributed by atoms with Crippen LogP contribution < -0.4 is 0 Å². The van der Waals surface area contributed by atoms with Gasteiger partial charge in [0.25, 0.3) is 0 Å². The molecule has 0 amide bonds. The lowest BCUT2D eigenvalue weighted by Gasteiger charge is -2.12. The molecule has 0 spiro atoms. The van der Waals surface area contributed by atoms with Crippen molar-refractivity contribution in [3.05, 3.63) is 0 Å². The molecule has 0 bridgehead atoms. The Morgan fingerprint density at radius 2 is 2.14 bits per heavy atom. The summed E-state index contributed by atoms with van der Waals surface area (Å²) in [7, 11) is 0. The number of carbonyl (C=O) groups excluding carboxylic acids is 1. The highest BCUT2D eigenvalue weighted by atomic mass is 16.6. The van der Waals surface area contributed by atoms with Crippen LogP contribution in [0, 0.1) is 11.8 Å². The number of hydrogen-bond donors (Lipinski definition) is 0. The van der Waals surface area contributed by atoms with Gasteiger partial charge >= 0.3 is 5.97 Å². The molecule has 0 aromatic heterocycles. The fourth-order valence-electron chi connectivity index (χ4n) is 1.55.